The van der Waals surface area contributed by atoms with E-state index in [1.165, 1.54) is 17.7 Å². The summed E-state index contributed by atoms with van der Waals surface area (Å²) in [6, 6.07) is 3.44. The number of rotatable bonds is 3. The van der Waals surface area contributed by atoms with E-state index in [1.54, 1.807) is 0 Å². The summed E-state index contributed by atoms with van der Waals surface area (Å²) in [6.45, 7) is 3.05. The standard InChI is InChI=1S/C24H31NO6S/c1-24-10-8-17-16-9-11-30-13-14(16)2-4-18(17)20(24)5-7-22(24)31-23(27)19-12-15(32(25,28)29)3-6-21(19)26/h3,6,12-13,16-18,20,22,26H,2,4-5,7-11H2,1H3,(H2,25,28,29)/t16?,17?,18?,20?,22-,24-/m0/s1. The summed E-state index contributed by atoms with van der Waals surface area (Å²) in [6.07, 6.45) is 9.07. The van der Waals surface area contributed by atoms with E-state index in [9.17, 15) is 18.3 Å². The summed E-state index contributed by atoms with van der Waals surface area (Å²) in [5, 5.41) is 15.3. The second-order valence-corrected chi connectivity index (χ2v) is 11.7. The summed E-state index contributed by atoms with van der Waals surface area (Å²) in [5.74, 6) is 1.45. The van der Waals surface area contributed by atoms with Gasteiger partial charge in [-0.25, -0.2) is 18.4 Å². The summed E-state index contributed by atoms with van der Waals surface area (Å²) >= 11 is 0. The summed E-state index contributed by atoms with van der Waals surface area (Å²) < 4.78 is 34.9. The van der Waals surface area contributed by atoms with Gasteiger partial charge in [0.05, 0.1) is 17.8 Å². The molecule has 0 saturated heterocycles. The molecule has 32 heavy (non-hydrogen) atoms. The molecule has 0 aromatic heterocycles. The molecule has 4 aliphatic rings. The number of esters is 1. The van der Waals surface area contributed by atoms with Crippen LogP contribution in [0.15, 0.2) is 34.9 Å². The molecule has 3 saturated carbocycles. The number of allylic oxidation sites excluding steroid dienone is 1. The number of hydrogen-bond donors (Lipinski definition) is 2. The van der Waals surface area contributed by atoms with Gasteiger partial charge in [-0.05, 0) is 92.4 Å². The largest absolute Gasteiger partial charge is 0.507 e. The minimum absolute atomic E-state index is 0.101. The van der Waals surface area contributed by atoms with Crippen molar-refractivity contribution < 1.29 is 27.8 Å². The maximum absolute atomic E-state index is 12.9. The van der Waals surface area contributed by atoms with Gasteiger partial charge < -0.3 is 14.6 Å². The predicted molar refractivity (Wildman–Crippen MR) is 117 cm³/mol. The number of hydrogen-bond acceptors (Lipinski definition) is 6. The molecule has 3 fully saturated rings. The van der Waals surface area contributed by atoms with Gasteiger partial charge in [0.1, 0.15) is 17.4 Å². The third kappa shape index (κ3) is 3.52. The molecule has 0 bridgehead atoms. The number of carbonyl (C=O) groups excluding carboxylic acids is 1. The molecule has 4 unspecified atom stereocenters. The average molecular weight is 462 g/mol. The SMILES string of the molecule is C[C@]12CCC3C4CCOC=C4CCC3C1CC[C@@H]2OC(=O)c1cc(S(N)(=O)=O)ccc1O. The number of sulfonamides is 1. The Morgan fingerprint density at radius 1 is 1.19 bits per heavy atom. The van der Waals surface area contributed by atoms with Crippen LogP contribution in [0.2, 0.25) is 0 Å². The van der Waals surface area contributed by atoms with Crippen molar-refractivity contribution in [1.29, 1.82) is 0 Å². The third-order valence-electron chi connectivity index (χ3n) is 8.71. The number of benzene rings is 1. The fourth-order valence-corrected chi connectivity index (χ4v) is 7.67. The third-order valence-corrected chi connectivity index (χ3v) is 9.62. The van der Waals surface area contributed by atoms with Crippen molar-refractivity contribution in [3.05, 3.63) is 35.6 Å². The van der Waals surface area contributed by atoms with Crippen LogP contribution in [0.5, 0.6) is 5.75 Å². The number of nitrogens with two attached hydrogens (primary N) is 1. The number of ether oxygens (including phenoxy) is 2. The Morgan fingerprint density at radius 2 is 2.00 bits per heavy atom. The minimum atomic E-state index is -3.99. The first-order valence-corrected chi connectivity index (χ1v) is 13.1. The van der Waals surface area contributed by atoms with E-state index < -0.39 is 16.0 Å². The van der Waals surface area contributed by atoms with Crippen molar-refractivity contribution in [2.75, 3.05) is 6.61 Å². The Bertz CT molecular complexity index is 1070. The number of phenolic OH excluding ortho intramolecular Hbond substituents is 1. The minimum Gasteiger partial charge on any atom is -0.507 e. The Hall–Kier alpha value is -2.06. The van der Waals surface area contributed by atoms with E-state index in [0.29, 0.717) is 23.7 Å². The van der Waals surface area contributed by atoms with E-state index in [1.807, 2.05) is 6.26 Å². The Balaban J connectivity index is 1.35. The average Bonchev–Trinajstić information content (AvgIpc) is 3.09. The first kappa shape index (κ1) is 21.8. The van der Waals surface area contributed by atoms with Crippen LogP contribution >= 0.6 is 0 Å². The molecule has 3 aliphatic carbocycles. The van der Waals surface area contributed by atoms with E-state index in [0.717, 1.165) is 57.6 Å². The van der Waals surface area contributed by atoms with Crippen LogP contribution < -0.4 is 5.14 Å². The van der Waals surface area contributed by atoms with Crippen LogP contribution in [0.3, 0.4) is 0 Å². The molecule has 6 atom stereocenters. The van der Waals surface area contributed by atoms with E-state index in [2.05, 4.69) is 6.92 Å². The first-order chi connectivity index (χ1) is 15.2. The van der Waals surface area contributed by atoms with Crippen LogP contribution in [-0.2, 0) is 19.5 Å². The van der Waals surface area contributed by atoms with Crippen LogP contribution in [0.1, 0.15) is 62.2 Å². The molecule has 0 amide bonds. The quantitative estimate of drug-likeness (QED) is 0.663. The van der Waals surface area contributed by atoms with Crippen molar-refractivity contribution in [2.45, 2.75) is 62.9 Å². The van der Waals surface area contributed by atoms with Gasteiger partial charge in [-0.2, -0.15) is 0 Å². The summed E-state index contributed by atoms with van der Waals surface area (Å²) in [4.78, 5) is 12.7. The van der Waals surface area contributed by atoms with Crippen molar-refractivity contribution >= 4 is 16.0 Å². The highest BCUT2D eigenvalue weighted by Crippen LogP contribution is 2.62. The lowest BCUT2D eigenvalue weighted by molar-refractivity contribution is -0.0668. The molecular formula is C24H31NO6S. The summed E-state index contributed by atoms with van der Waals surface area (Å²) in [7, 11) is -3.99. The van der Waals surface area contributed by atoms with Gasteiger partial charge in [0.15, 0.2) is 0 Å². The Labute approximate surface area is 189 Å². The highest BCUT2D eigenvalue weighted by Gasteiger charge is 2.57. The second kappa shape index (κ2) is 7.76. The molecule has 0 radical (unpaired) electrons. The number of phenols is 1. The molecular weight excluding hydrogens is 430 g/mol. The van der Waals surface area contributed by atoms with Crippen LogP contribution in [0.25, 0.3) is 0 Å². The predicted octanol–water partition coefficient (Wildman–Crippen LogP) is 3.72. The lowest BCUT2D eigenvalue weighted by Gasteiger charge is -2.53. The molecule has 8 heteroatoms. The van der Waals surface area contributed by atoms with Gasteiger partial charge in [-0.15, -0.1) is 0 Å². The highest BCUT2D eigenvalue weighted by molar-refractivity contribution is 7.89. The number of aromatic hydroxyl groups is 1. The van der Waals surface area contributed by atoms with E-state index in [-0.39, 0.29) is 27.7 Å². The molecule has 1 aromatic rings. The van der Waals surface area contributed by atoms with Gasteiger partial charge in [0, 0.05) is 5.41 Å². The molecule has 0 spiro atoms. The molecule has 174 valence electrons. The van der Waals surface area contributed by atoms with Crippen LogP contribution in [0, 0.1) is 29.1 Å². The smallest absolute Gasteiger partial charge is 0.342 e. The maximum atomic E-state index is 12.9. The zero-order valence-electron chi connectivity index (χ0n) is 18.3. The van der Waals surface area contributed by atoms with Crippen molar-refractivity contribution in [2.24, 2.45) is 34.2 Å². The molecule has 7 nitrogen and oxygen atoms in total. The molecule has 1 aromatic carbocycles. The lowest BCUT2D eigenvalue weighted by Crippen LogP contribution is -2.48. The zero-order valence-corrected chi connectivity index (χ0v) is 19.1. The topological polar surface area (TPSA) is 116 Å². The fourth-order valence-electron chi connectivity index (χ4n) is 7.13. The zero-order chi connectivity index (χ0) is 22.7. The van der Waals surface area contributed by atoms with Gasteiger partial charge in [0.2, 0.25) is 10.0 Å². The Morgan fingerprint density at radius 3 is 2.78 bits per heavy atom. The first-order valence-electron chi connectivity index (χ1n) is 11.6. The molecule has 1 aliphatic heterocycles. The number of fused-ring (bicyclic) bond motifs is 5. The fraction of sp³-hybridized carbons (Fsp3) is 0.625. The second-order valence-electron chi connectivity index (χ2n) is 10.2. The van der Waals surface area contributed by atoms with Crippen molar-refractivity contribution in [3.63, 3.8) is 0 Å². The van der Waals surface area contributed by atoms with Crippen LogP contribution in [0.4, 0.5) is 0 Å². The van der Waals surface area contributed by atoms with Gasteiger partial charge >= 0.3 is 5.97 Å². The molecule has 5 rings (SSSR count). The molecule has 3 N–H and O–H groups in total. The monoisotopic (exact) mass is 461 g/mol. The maximum Gasteiger partial charge on any atom is 0.342 e. The normalized spacial score (nSPS) is 36.2. The number of carbonyl (C=O) groups is 1. The van der Waals surface area contributed by atoms with Gasteiger partial charge in [-0.3, -0.25) is 0 Å². The van der Waals surface area contributed by atoms with Crippen molar-refractivity contribution in [3.8, 4) is 5.75 Å². The lowest BCUT2D eigenvalue weighted by atomic mass is 9.53. The van der Waals surface area contributed by atoms with Gasteiger partial charge in [-0.1, -0.05) is 6.92 Å². The number of primary sulfonamides is 1. The highest BCUT2D eigenvalue weighted by atomic mass is 32.2. The van der Waals surface area contributed by atoms with Crippen LogP contribution in [-0.4, -0.2) is 32.2 Å². The summed E-state index contributed by atoms with van der Waals surface area (Å²) in [5.41, 5.74) is 1.22. The van der Waals surface area contributed by atoms with Gasteiger partial charge in [0.25, 0.3) is 0 Å². The van der Waals surface area contributed by atoms with E-state index in [4.69, 9.17) is 14.6 Å². The molecule has 1 heterocycles. The van der Waals surface area contributed by atoms with E-state index >= 15 is 0 Å². The Kier molecular flexibility index (Phi) is 5.28. The van der Waals surface area contributed by atoms with Crippen molar-refractivity contribution in [1.82, 2.24) is 0 Å².